The Morgan fingerprint density at radius 2 is 1.55 bits per heavy atom. The van der Waals surface area contributed by atoms with Crippen molar-refractivity contribution < 1.29 is 19.4 Å². The van der Waals surface area contributed by atoms with Crippen molar-refractivity contribution in [2.24, 2.45) is 50.2 Å². The van der Waals surface area contributed by atoms with Gasteiger partial charge in [-0.15, -0.1) is 0 Å². The van der Waals surface area contributed by atoms with Gasteiger partial charge in [0, 0.05) is 5.92 Å². The van der Waals surface area contributed by atoms with Crippen LogP contribution in [0.15, 0.2) is 11.6 Å². The van der Waals surface area contributed by atoms with E-state index in [0.29, 0.717) is 18.1 Å². The smallest absolute Gasteiger partial charge is 0.309 e. The third-order valence-corrected chi connectivity index (χ3v) is 13.5. The van der Waals surface area contributed by atoms with Crippen molar-refractivity contribution >= 4 is 11.8 Å². The van der Waals surface area contributed by atoms with Crippen molar-refractivity contribution in [2.45, 2.75) is 139 Å². The predicted octanol–water partition coefficient (Wildman–Crippen LogP) is 8.24. The van der Waals surface area contributed by atoms with Gasteiger partial charge in [-0.05, 0) is 130 Å². The first kappa shape index (κ1) is 28.4. The van der Waals surface area contributed by atoms with E-state index in [1.165, 1.54) is 5.57 Å². The van der Waals surface area contributed by atoms with Crippen LogP contribution in [0, 0.1) is 50.2 Å². The largest absolute Gasteiger partial charge is 0.481 e. The number of hydrogen-bond donors (Lipinski definition) is 1. The number of carbonyl (C=O) groups excluding carboxylic acids is 1. The monoisotopic (exact) mass is 526 g/mol. The maximum Gasteiger partial charge on any atom is 0.309 e. The van der Waals surface area contributed by atoms with Gasteiger partial charge >= 0.3 is 5.97 Å². The van der Waals surface area contributed by atoms with Gasteiger partial charge in [0.2, 0.25) is 0 Å². The summed E-state index contributed by atoms with van der Waals surface area (Å²) in [4.78, 5) is 26.8. The molecule has 0 aliphatic heterocycles. The summed E-state index contributed by atoms with van der Waals surface area (Å²) in [6.07, 6.45) is 11.1. The highest BCUT2D eigenvalue weighted by atomic mass is 16.5. The SMILES string of the molecule is CC(C)(C)O[C@H]1CC[C@@]2(C)C(CC[C@]3(C)C2C(=O)C=C2[C@@H]4C[C@@](C)(C(=O)O)CC[C@]4(C)CC[C@]23C)C1(C)C. The lowest BCUT2D eigenvalue weighted by atomic mass is 9.33. The Morgan fingerprint density at radius 3 is 2.16 bits per heavy atom. The zero-order valence-corrected chi connectivity index (χ0v) is 25.9. The molecule has 5 aliphatic carbocycles. The summed E-state index contributed by atoms with van der Waals surface area (Å²) in [6, 6.07) is 0. The molecule has 0 saturated heterocycles. The van der Waals surface area contributed by atoms with Crippen LogP contribution in [0.4, 0.5) is 0 Å². The number of fused-ring (bicyclic) bond motifs is 7. The zero-order valence-electron chi connectivity index (χ0n) is 25.9. The van der Waals surface area contributed by atoms with Crippen molar-refractivity contribution in [3.05, 3.63) is 11.6 Å². The van der Waals surface area contributed by atoms with E-state index in [0.717, 1.165) is 51.4 Å². The Labute approximate surface area is 231 Å². The van der Waals surface area contributed by atoms with Gasteiger partial charge in [0.1, 0.15) is 0 Å². The van der Waals surface area contributed by atoms with Gasteiger partial charge < -0.3 is 9.84 Å². The maximum atomic E-state index is 14.5. The van der Waals surface area contributed by atoms with Gasteiger partial charge in [0.15, 0.2) is 5.78 Å². The number of carboxylic acid groups (broad SMARTS) is 1. The lowest BCUT2D eigenvalue weighted by Crippen LogP contribution is -2.67. The Balaban J connectivity index is 1.56. The molecule has 0 spiro atoms. The molecule has 4 saturated carbocycles. The van der Waals surface area contributed by atoms with Crippen molar-refractivity contribution in [3.8, 4) is 0 Å². The molecule has 214 valence electrons. The molecule has 5 rings (SSSR count). The summed E-state index contributed by atoms with van der Waals surface area (Å²) >= 11 is 0. The van der Waals surface area contributed by atoms with Gasteiger partial charge in [-0.3, -0.25) is 9.59 Å². The lowest BCUT2D eigenvalue weighted by Gasteiger charge is -2.70. The highest BCUT2D eigenvalue weighted by Crippen LogP contribution is 2.75. The number of allylic oxidation sites excluding steroid dienone is 2. The normalized spacial score (nSPS) is 50.2. The van der Waals surface area contributed by atoms with Crippen LogP contribution in [0.5, 0.6) is 0 Å². The minimum absolute atomic E-state index is 0.00456. The molecule has 0 radical (unpaired) electrons. The number of carboxylic acids is 1. The van der Waals surface area contributed by atoms with Crippen LogP contribution in [-0.2, 0) is 14.3 Å². The molecular formula is C34H54O4. The number of ketones is 1. The van der Waals surface area contributed by atoms with E-state index in [9.17, 15) is 14.7 Å². The molecule has 0 amide bonds. The molecule has 0 aromatic rings. The van der Waals surface area contributed by atoms with Crippen LogP contribution in [0.25, 0.3) is 0 Å². The second-order valence-corrected chi connectivity index (χ2v) is 17.1. The van der Waals surface area contributed by atoms with Crippen LogP contribution < -0.4 is 0 Å². The fourth-order valence-corrected chi connectivity index (χ4v) is 11.0. The maximum absolute atomic E-state index is 14.5. The van der Waals surface area contributed by atoms with E-state index >= 15 is 0 Å². The molecule has 9 atom stereocenters. The van der Waals surface area contributed by atoms with Gasteiger partial charge in [-0.2, -0.15) is 0 Å². The number of ether oxygens (including phenoxy) is 1. The molecular weight excluding hydrogens is 472 g/mol. The van der Waals surface area contributed by atoms with E-state index in [1.54, 1.807) is 0 Å². The average Bonchev–Trinajstić information content (AvgIpc) is 2.77. The summed E-state index contributed by atoms with van der Waals surface area (Å²) in [7, 11) is 0. The minimum Gasteiger partial charge on any atom is -0.481 e. The average molecular weight is 527 g/mol. The number of aliphatic carboxylic acids is 1. The Kier molecular flexibility index (Phi) is 6.12. The van der Waals surface area contributed by atoms with Crippen molar-refractivity contribution in [1.29, 1.82) is 0 Å². The Bertz CT molecular complexity index is 1060. The molecule has 0 aromatic carbocycles. The van der Waals surface area contributed by atoms with Gasteiger partial charge in [0.05, 0.1) is 17.1 Å². The molecule has 4 heteroatoms. The molecule has 5 aliphatic rings. The fraction of sp³-hybridized carbons (Fsp3) is 0.882. The number of carbonyl (C=O) groups is 2. The van der Waals surface area contributed by atoms with Crippen LogP contribution in [0.2, 0.25) is 0 Å². The number of rotatable bonds is 2. The first-order valence-corrected chi connectivity index (χ1v) is 15.4. The molecule has 4 fully saturated rings. The molecule has 2 unspecified atom stereocenters. The van der Waals surface area contributed by atoms with Crippen LogP contribution in [0.1, 0.15) is 127 Å². The first-order chi connectivity index (χ1) is 17.2. The van der Waals surface area contributed by atoms with Crippen LogP contribution in [0.3, 0.4) is 0 Å². The Hall–Kier alpha value is -1.16. The Morgan fingerprint density at radius 1 is 0.921 bits per heavy atom. The number of hydrogen-bond acceptors (Lipinski definition) is 3. The fourth-order valence-electron chi connectivity index (χ4n) is 11.0. The van der Waals surface area contributed by atoms with Crippen molar-refractivity contribution in [3.63, 3.8) is 0 Å². The van der Waals surface area contributed by atoms with Gasteiger partial charge in [-0.25, -0.2) is 0 Å². The van der Waals surface area contributed by atoms with Gasteiger partial charge in [-0.1, -0.05) is 47.1 Å². The van der Waals surface area contributed by atoms with E-state index in [-0.39, 0.29) is 50.6 Å². The first-order valence-electron chi connectivity index (χ1n) is 15.4. The highest BCUT2D eigenvalue weighted by molar-refractivity contribution is 5.95. The molecule has 38 heavy (non-hydrogen) atoms. The van der Waals surface area contributed by atoms with Crippen LogP contribution in [-0.4, -0.2) is 28.6 Å². The lowest BCUT2D eigenvalue weighted by molar-refractivity contribution is -0.223. The highest BCUT2D eigenvalue weighted by Gasteiger charge is 2.70. The zero-order chi connectivity index (χ0) is 28.3. The van der Waals surface area contributed by atoms with E-state index < -0.39 is 11.4 Å². The standard InChI is InChI=1S/C34H54O4/c1-28(2,3)38-25-12-13-32(8)24(29(25,4)5)11-14-34(10)26(32)23(35)19-21-22-20-31(7,27(36)37)16-15-30(22,6)17-18-33(21,34)9/h19,22,24-26H,11-18,20H2,1-10H3,(H,36,37)/t22-,24?,25-,26?,30+,31-,32-,33+,34+/m0/s1. The molecule has 4 nitrogen and oxygen atoms in total. The summed E-state index contributed by atoms with van der Waals surface area (Å²) in [6.45, 7) is 22.9. The summed E-state index contributed by atoms with van der Waals surface area (Å²) in [5.41, 5.74) is 0.286. The summed E-state index contributed by atoms with van der Waals surface area (Å²) in [5, 5.41) is 10.1. The van der Waals surface area contributed by atoms with Crippen molar-refractivity contribution in [1.82, 2.24) is 0 Å². The van der Waals surface area contributed by atoms with Gasteiger partial charge in [0.25, 0.3) is 0 Å². The third-order valence-electron chi connectivity index (χ3n) is 13.5. The quantitative estimate of drug-likeness (QED) is 0.393. The second-order valence-electron chi connectivity index (χ2n) is 17.1. The topological polar surface area (TPSA) is 63.6 Å². The third kappa shape index (κ3) is 3.70. The molecule has 0 bridgehead atoms. The predicted molar refractivity (Wildman–Crippen MR) is 152 cm³/mol. The van der Waals surface area contributed by atoms with Crippen LogP contribution >= 0.6 is 0 Å². The van der Waals surface area contributed by atoms with Crippen molar-refractivity contribution in [2.75, 3.05) is 0 Å². The van der Waals surface area contributed by atoms with E-state index in [4.69, 9.17) is 4.74 Å². The summed E-state index contributed by atoms with van der Waals surface area (Å²) < 4.78 is 6.65. The second kappa shape index (κ2) is 8.20. The molecule has 0 heterocycles. The minimum atomic E-state index is -0.705. The summed E-state index contributed by atoms with van der Waals surface area (Å²) in [5.74, 6) is 0.274. The molecule has 0 aromatic heterocycles. The molecule has 1 N–H and O–H groups in total. The van der Waals surface area contributed by atoms with E-state index in [1.807, 2.05) is 6.92 Å². The van der Waals surface area contributed by atoms with E-state index in [2.05, 4.69) is 68.4 Å².